The lowest BCUT2D eigenvalue weighted by Gasteiger charge is -2.23. The quantitative estimate of drug-likeness (QED) is 0.842. The molecule has 1 saturated carbocycles. The zero-order valence-corrected chi connectivity index (χ0v) is 10.8. The van der Waals surface area contributed by atoms with Crippen LogP contribution in [0.2, 0.25) is 0 Å². The van der Waals surface area contributed by atoms with Crippen molar-refractivity contribution < 1.29 is 0 Å². The Hall–Kier alpha value is -0.830. The smallest absolute Gasteiger partial charge is 0.109 e. The van der Waals surface area contributed by atoms with E-state index in [1.165, 1.54) is 68.8 Å². The third-order valence-electron chi connectivity index (χ3n) is 4.44. The molecular formula is C14H23N3. The maximum absolute atomic E-state index is 4.85. The first-order valence-corrected chi connectivity index (χ1v) is 7.09. The minimum atomic E-state index is 0.732. The van der Waals surface area contributed by atoms with E-state index in [0.717, 1.165) is 11.8 Å². The summed E-state index contributed by atoms with van der Waals surface area (Å²) in [6, 6.07) is 0. The lowest BCUT2D eigenvalue weighted by Crippen LogP contribution is -2.28. The lowest BCUT2D eigenvalue weighted by molar-refractivity contribution is 0.369. The van der Waals surface area contributed by atoms with E-state index in [1.54, 1.807) is 0 Å². The molecule has 3 rings (SSSR count). The molecule has 1 aliphatic carbocycles. The molecule has 2 aliphatic rings. The summed E-state index contributed by atoms with van der Waals surface area (Å²) < 4.78 is 0. The molecule has 0 bridgehead atoms. The van der Waals surface area contributed by atoms with Crippen molar-refractivity contribution >= 4 is 0 Å². The SMILES string of the molecule is Cc1[nH]c(C2CCC2)nc1CC1CCNCC1. The van der Waals surface area contributed by atoms with E-state index < -0.39 is 0 Å². The summed E-state index contributed by atoms with van der Waals surface area (Å²) in [5, 5.41) is 3.43. The third kappa shape index (κ3) is 2.39. The van der Waals surface area contributed by atoms with E-state index in [-0.39, 0.29) is 0 Å². The molecule has 2 fully saturated rings. The number of piperidine rings is 1. The Bertz CT molecular complexity index is 373. The number of H-pyrrole nitrogens is 1. The number of nitrogens with one attached hydrogen (secondary N) is 2. The van der Waals surface area contributed by atoms with Crippen molar-refractivity contribution in [1.82, 2.24) is 15.3 Å². The van der Waals surface area contributed by atoms with Crippen LogP contribution in [0.4, 0.5) is 0 Å². The van der Waals surface area contributed by atoms with E-state index >= 15 is 0 Å². The Kier molecular flexibility index (Phi) is 3.19. The average molecular weight is 233 g/mol. The minimum Gasteiger partial charge on any atom is -0.346 e. The van der Waals surface area contributed by atoms with E-state index in [2.05, 4.69) is 17.2 Å². The second-order valence-corrected chi connectivity index (χ2v) is 5.72. The van der Waals surface area contributed by atoms with Crippen LogP contribution in [0.15, 0.2) is 0 Å². The predicted molar refractivity (Wildman–Crippen MR) is 69.2 cm³/mol. The molecule has 0 unspecified atom stereocenters. The highest BCUT2D eigenvalue weighted by molar-refractivity contribution is 5.17. The van der Waals surface area contributed by atoms with Crippen LogP contribution in [-0.4, -0.2) is 23.1 Å². The van der Waals surface area contributed by atoms with Gasteiger partial charge in [-0.15, -0.1) is 0 Å². The zero-order valence-electron chi connectivity index (χ0n) is 10.8. The topological polar surface area (TPSA) is 40.7 Å². The van der Waals surface area contributed by atoms with E-state index in [0.29, 0.717) is 0 Å². The van der Waals surface area contributed by atoms with Crippen molar-refractivity contribution in [2.45, 2.75) is 51.4 Å². The fraction of sp³-hybridized carbons (Fsp3) is 0.786. The molecule has 0 spiro atoms. The maximum Gasteiger partial charge on any atom is 0.109 e. The Morgan fingerprint density at radius 2 is 1.94 bits per heavy atom. The molecule has 2 heterocycles. The van der Waals surface area contributed by atoms with E-state index in [9.17, 15) is 0 Å². The van der Waals surface area contributed by atoms with Crippen molar-refractivity contribution in [2.75, 3.05) is 13.1 Å². The molecule has 1 aromatic heterocycles. The van der Waals surface area contributed by atoms with Gasteiger partial charge in [-0.2, -0.15) is 0 Å². The van der Waals surface area contributed by atoms with Gasteiger partial charge in [0.15, 0.2) is 0 Å². The molecule has 3 nitrogen and oxygen atoms in total. The van der Waals surface area contributed by atoms with Gasteiger partial charge in [0.25, 0.3) is 0 Å². The first kappa shape index (κ1) is 11.3. The van der Waals surface area contributed by atoms with Crippen LogP contribution < -0.4 is 5.32 Å². The van der Waals surface area contributed by atoms with Crippen LogP contribution in [0.3, 0.4) is 0 Å². The van der Waals surface area contributed by atoms with Crippen molar-refractivity contribution in [3.8, 4) is 0 Å². The Morgan fingerprint density at radius 1 is 1.18 bits per heavy atom. The van der Waals surface area contributed by atoms with Gasteiger partial charge in [0, 0.05) is 11.6 Å². The minimum absolute atomic E-state index is 0.732. The third-order valence-corrected chi connectivity index (χ3v) is 4.44. The number of aryl methyl sites for hydroxylation is 1. The predicted octanol–water partition coefficient (Wildman–Crippen LogP) is 2.53. The molecule has 0 amide bonds. The van der Waals surface area contributed by atoms with Crippen LogP contribution in [0, 0.1) is 12.8 Å². The molecule has 1 saturated heterocycles. The monoisotopic (exact) mass is 233 g/mol. The Morgan fingerprint density at radius 3 is 2.59 bits per heavy atom. The molecular weight excluding hydrogens is 210 g/mol. The van der Waals surface area contributed by atoms with Crippen molar-refractivity contribution in [3.63, 3.8) is 0 Å². The standard InChI is InChI=1S/C14H23N3/c1-10-13(9-11-5-7-15-8-6-11)17-14(16-10)12-3-2-4-12/h11-12,15H,2-9H2,1H3,(H,16,17). The van der Waals surface area contributed by atoms with Crippen LogP contribution in [0.5, 0.6) is 0 Å². The van der Waals surface area contributed by atoms with Gasteiger partial charge in [0.2, 0.25) is 0 Å². The number of aromatic amines is 1. The second-order valence-electron chi connectivity index (χ2n) is 5.72. The first-order valence-electron chi connectivity index (χ1n) is 7.09. The van der Waals surface area contributed by atoms with E-state index in [1.807, 2.05) is 0 Å². The van der Waals surface area contributed by atoms with Gasteiger partial charge in [-0.25, -0.2) is 4.98 Å². The Labute approximate surface area is 103 Å². The Balaban J connectivity index is 1.66. The summed E-state index contributed by atoms with van der Waals surface area (Å²) in [6.07, 6.45) is 7.85. The maximum atomic E-state index is 4.85. The van der Waals surface area contributed by atoms with Crippen molar-refractivity contribution in [1.29, 1.82) is 0 Å². The van der Waals surface area contributed by atoms with Gasteiger partial charge in [0.05, 0.1) is 5.69 Å². The fourth-order valence-electron chi connectivity index (χ4n) is 2.95. The molecule has 94 valence electrons. The molecule has 0 radical (unpaired) electrons. The van der Waals surface area contributed by atoms with Gasteiger partial charge in [-0.3, -0.25) is 0 Å². The summed E-state index contributed by atoms with van der Waals surface area (Å²) in [5.74, 6) is 2.83. The average Bonchev–Trinajstić information content (AvgIpc) is 2.59. The normalized spacial score (nSPS) is 22.6. The van der Waals surface area contributed by atoms with Crippen LogP contribution in [0.25, 0.3) is 0 Å². The molecule has 0 aromatic carbocycles. The number of nitrogens with zero attached hydrogens (tertiary/aromatic N) is 1. The summed E-state index contributed by atoms with van der Waals surface area (Å²) in [7, 11) is 0. The van der Waals surface area contributed by atoms with Gasteiger partial charge in [0.1, 0.15) is 5.82 Å². The first-order chi connectivity index (χ1) is 8.33. The van der Waals surface area contributed by atoms with Crippen molar-refractivity contribution in [3.05, 3.63) is 17.2 Å². The molecule has 3 heteroatoms. The van der Waals surface area contributed by atoms with E-state index in [4.69, 9.17) is 4.98 Å². The van der Waals surface area contributed by atoms with Gasteiger partial charge >= 0.3 is 0 Å². The number of imidazole rings is 1. The zero-order chi connectivity index (χ0) is 11.7. The van der Waals surface area contributed by atoms with Crippen LogP contribution in [0.1, 0.15) is 55.2 Å². The van der Waals surface area contributed by atoms with Crippen LogP contribution >= 0.6 is 0 Å². The second kappa shape index (κ2) is 4.81. The van der Waals surface area contributed by atoms with Crippen molar-refractivity contribution in [2.24, 2.45) is 5.92 Å². The fourth-order valence-corrected chi connectivity index (χ4v) is 2.95. The van der Waals surface area contributed by atoms with Crippen LogP contribution in [-0.2, 0) is 6.42 Å². The molecule has 0 atom stereocenters. The van der Waals surface area contributed by atoms with Gasteiger partial charge in [-0.1, -0.05) is 6.42 Å². The highest BCUT2D eigenvalue weighted by Gasteiger charge is 2.24. The summed E-state index contributed by atoms with van der Waals surface area (Å²) in [6.45, 7) is 4.55. The molecule has 17 heavy (non-hydrogen) atoms. The highest BCUT2D eigenvalue weighted by Crippen LogP contribution is 2.35. The number of hydrogen-bond donors (Lipinski definition) is 2. The number of hydrogen-bond acceptors (Lipinski definition) is 2. The number of aromatic nitrogens is 2. The summed E-state index contributed by atoms with van der Waals surface area (Å²) in [5.41, 5.74) is 2.64. The summed E-state index contributed by atoms with van der Waals surface area (Å²) >= 11 is 0. The molecule has 2 N–H and O–H groups in total. The molecule has 1 aromatic rings. The van der Waals surface area contributed by atoms with Gasteiger partial charge in [-0.05, 0) is 58.0 Å². The summed E-state index contributed by atoms with van der Waals surface area (Å²) in [4.78, 5) is 8.36. The van der Waals surface area contributed by atoms with Gasteiger partial charge < -0.3 is 10.3 Å². The largest absolute Gasteiger partial charge is 0.346 e. The molecule has 1 aliphatic heterocycles. The lowest BCUT2D eigenvalue weighted by atomic mass is 9.85. The highest BCUT2D eigenvalue weighted by atomic mass is 14.9. The number of rotatable bonds is 3.